The zero-order valence-electron chi connectivity index (χ0n) is 20.0. The zero-order valence-corrected chi connectivity index (χ0v) is 20.8. The van der Waals surface area contributed by atoms with Crippen LogP contribution in [0.15, 0.2) is 89.7 Å². The fourth-order valence-corrected chi connectivity index (χ4v) is 4.87. The number of para-hydroxylation sites is 2. The molecule has 0 fully saturated rings. The van der Waals surface area contributed by atoms with Gasteiger partial charge in [0.1, 0.15) is 16.5 Å². The van der Waals surface area contributed by atoms with Crippen LogP contribution in [0.25, 0.3) is 17.3 Å². The molecule has 4 rings (SSSR count). The number of hydrogen-bond acceptors (Lipinski definition) is 5. The third-order valence-electron chi connectivity index (χ3n) is 5.54. The minimum Gasteiger partial charge on any atom is -0.493 e. The predicted molar refractivity (Wildman–Crippen MR) is 142 cm³/mol. The Morgan fingerprint density at radius 3 is 2.36 bits per heavy atom. The number of amides is 1. The summed E-state index contributed by atoms with van der Waals surface area (Å²) < 4.78 is 7.78. The van der Waals surface area contributed by atoms with Crippen molar-refractivity contribution in [3.05, 3.63) is 116 Å². The van der Waals surface area contributed by atoms with Crippen molar-refractivity contribution in [3.8, 4) is 17.5 Å². The fraction of sp³-hybridized carbons (Fsp3) is 0.138. The Labute approximate surface area is 213 Å². The van der Waals surface area contributed by atoms with Gasteiger partial charge in [0.15, 0.2) is 5.57 Å². The number of rotatable bonds is 7. The summed E-state index contributed by atoms with van der Waals surface area (Å²) in [7, 11) is 0. The first kappa shape index (κ1) is 24.7. The van der Waals surface area contributed by atoms with Gasteiger partial charge in [-0.05, 0) is 43.7 Å². The minimum absolute atomic E-state index is 0.124. The van der Waals surface area contributed by atoms with Crippen LogP contribution in [0.1, 0.15) is 31.0 Å². The highest BCUT2D eigenvalue weighted by atomic mass is 32.1. The van der Waals surface area contributed by atoms with Gasteiger partial charge in [-0.2, -0.15) is 5.26 Å². The number of carbonyl (C=O) groups is 1. The maximum Gasteiger partial charge on any atom is 0.273 e. The van der Waals surface area contributed by atoms with E-state index in [0.717, 1.165) is 22.5 Å². The van der Waals surface area contributed by atoms with Gasteiger partial charge in [-0.25, -0.2) is 0 Å². The second-order valence-electron chi connectivity index (χ2n) is 7.96. The molecule has 0 bridgehead atoms. The van der Waals surface area contributed by atoms with Gasteiger partial charge in [-0.3, -0.25) is 14.2 Å². The van der Waals surface area contributed by atoms with Crippen LogP contribution in [-0.2, 0) is 4.79 Å². The van der Waals surface area contributed by atoms with Gasteiger partial charge in [0, 0.05) is 5.56 Å². The van der Waals surface area contributed by atoms with Crippen molar-refractivity contribution in [1.29, 1.82) is 5.26 Å². The monoisotopic (exact) mass is 495 g/mol. The molecule has 0 spiro atoms. The Hall–Kier alpha value is -4.41. The topological polar surface area (TPSA) is 84.1 Å². The molecule has 1 heterocycles. The van der Waals surface area contributed by atoms with E-state index in [-0.39, 0.29) is 21.8 Å². The lowest BCUT2D eigenvalue weighted by atomic mass is 10.1. The number of nitriles is 1. The Morgan fingerprint density at radius 1 is 1.06 bits per heavy atom. The molecule has 0 saturated heterocycles. The maximum absolute atomic E-state index is 13.6. The third-order valence-corrected chi connectivity index (χ3v) is 6.64. The second kappa shape index (κ2) is 11.3. The van der Waals surface area contributed by atoms with E-state index in [2.05, 4.69) is 5.32 Å². The average molecular weight is 496 g/mol. The quantitative estimate of drug-likeness (QED) is 0.424. The second-order valence-corrected chi connectivity index (χ2v) is 8.99. The highest BCUT2D eigenvalue weighted by molar-refractivity contribution is 7.07. The molecule has 7 heteroatoms. The van der Waals surface area contributed by atoms with Crippen LogP contribution in [-0.4, -0.2) is 17.1 Å². The van der Waals surface area contributed by atoms with Crippen LogP contribution >= 0.6 is 11.3 Å². The Balaban J connectivity index is 1.91. The number of aromatic nitrogens is 1. The molecule has 0 aliphatic rings. The van der Waals surface area contributed by atoms with Crippen LogP contribution in [0.3, 0.4) is 0 Å². The first-order chi connectivity index (χ1) is 17.5. The normalized spacial score (nSPS) is 13.0. The van der Waals surface area contributed by atoms with E-state index in [0.29, 0.717) is 22.6 Å². The number of nitrogens with one attached hydrogen (secondary N) is 1. The van der Waals surface area contributed by atoms with Gasteiger partial charge in [0.05, 0.1) is 22.9 Å². The molecule has 1 atom stereocenters. The number of carbonyl (C=O) groups excluding carboxylic acids is 1. The van der Waals surface area contributed by atoms with Gasteiger partial charge < -0.3 is 10.1 Å². The van der Waals surface area contributed by atoms with Crippen molar-refractivity contribution in [1.82, 2.24) is 9.88 Å². The molecule has 180 valence electrons. The summed E-state index contributed by atoms with van der Waals surface area (Å²) in [5, 5.41) is 12.9. The molecule has 1 aromatic heterocycles. The van der Waals surface area contributed by atoms with Crippen molar-refractivity contribution in [2.24, 2.45) is 0 Å². The smallest absolute Gasteiger partial charge is 0.273 e. The van der Waals surface area contributed by atoms with Crippen LogP contribution in [0.5, 0.6) is 5.75 Å². The van der Waals surface area contributed by atoms with Gasteiger partial charge in [0.25, 0.3) is 11.5 Å². The molecule has 1 N–H and O–H groups in total. The molecular formula is C29H25N3O3S. The Bertz CT molecular complexity index is 1580. The zero-order chi connectivity index (χ0) is 25.5. The van der Waals surface area contributed by atoms with E-state index >= 15 is 0 Å². The van der Waals surface area contributed by atoms with E-state index in [4.69, 9.17) is 4.74 Å². The number of benzene rings is 3. The van der Waals surface area contributed by atoms with E-state index in [1.165, 1.54) is 4.57 Å². The standard InChI is InChI=1S/C29H25N3O3S/c1-3-35-25-17-11-10-14-22(25)18-26-28(34)32(23-15-8-5-9-16-23)29(36-26)24(19-30)27(33)31-20(2)21-12-6-4-7-13-21/h4-18,20H,3H2,1-2H3,(H,31,33). The molecule has 0 aliphatic heterocycles. The molecule has 4 aromatic rings. The minimum atomic E-state index is -0.541. The predicted octanol–water partition coefficient (Wildman–Crippen LogP) is 3.68. The lowest BCUT2D eigenvalue weighted by Crippen LogP contribution is -2.34. The first-order valence-electron chi connectivity index (χ1n) is 11.5. The summed E-state index contributed by atoms with van der Waals surface area (Å²) in [6.45, 7) is 4.23. The van der Waals surface area contributed by atoms with E-state index in [1.54, 1.807) is 30.3 Å². The van der Waals surface area contributed by atoms with Crippen LogP contribution in [0.2, 0.25) is 0 Å². The van der Waals surface area contributed by atoms with Crippen LogP contribution in [0, 0.1) is 11.3 Å². The van der Waals surface area contributed by atoms with Crippen molar-refractivity contribution in [2.45, 2.75) is 19.9 Å². The molecule has 0 saturated carbocycles. The van der Waals surface area contributed by atoms with Gasteiger partial charge in [-0.1, -0.05) is 66.7 Å². The highest BCUT2D eigenvalue weighted by Gasteiger charge is 2.19. The number of thiazole rings is 1. The lowest BCUT2D eigenvalue weighted by Gasteiger charge is -2.13. The summed E-state index contributed by atoms with van der Waals surface area (Å²) >= 11 is 1.11. The summed E-state index contributed by atoms with van der Waals surface area (Å²) in [4.78, 5) is 26.8. The average Bonchev–Trinajstić information content (AvgIpc) is 3.22. The Morgan fingerprint density at radius 2 is 1.69 bits per heavy atom. The molecule has 1 unspecified atom stereocenters. The molecule has 1 amide bonds. The largest absolute Gasteiger partial charge is 0.493 e. The van der Waals surface area contributed by atoms with Crippen LogP contribution < -0.4 is 24.8 Å². The SMILES string of the molecule is CCOc1ccccc1C=c1sc(=C(C#N)C(=O)NC(C)c2ccccc2)n(-c2ccccc2)c1=O. The van der Waals surface area contributed by atoms with Gasteiger partial charge >= 0.3 is 0 Å². The number of hydrogen-bond donors (Lipinski definition) is 1. The number of ether oxygens (including phenoxy) is 1. The lowest BCUT2D eigenvalue weighted by molar-refractivity contribution is -0.116. The fourth-order valence-electron chi connectivity index (χ4n) is 3.78. The molecular weight excluding hydrogens is 470 g/mol. The van der Waals surface area contributed by atoms with E-state index < -0.39 is 5.91 Å². The third kappa shape index (κ3) is 5.29. The highest BCUT2D eigenvalue weighted by Crippen LogP contribution is 2.18. The maximum atomic E-state index is 13.6. The summed E-state index contributed by atoms with van der Waals surface area (Å²) in [5.74, 6) is 0.112. The summed E-state index contributed by atoms with van der Waals surface area (Å²) in [5.41, 5.74) is 1.79. The van der Waals surface area contributed by atoms with E-state index in [1.807, 2.05) is 80.6 Å². The van der Waals surface area contributed by atoms with Gasteiger partial charge in [-0.15, -0.1) is 11.3 Å². The van der Waals surface area contributed by atoms with Crippen molar-refractivity contribution < 1.29 is 9.53 Å². The summed E-state index contributed by atoms with van der Waals surface area (Å²) in [6.07, 6.45) is 1.74. The van der Waals surface area contributed by atoms with Crippen molar-refractivity contribution in [3.63, 3.8) is 0 Å². The molecule has 0 radical (unpaired) electrons. The molecule has 3 aromatic carbocycles. The molecule has 0 aliphatic carbocycles. The molecule has 36 heavy (non-hydrogen) atoms. The summed E-state index contributed by atoms with van der Waals surface area (Å²) in [6, 6.07) is 27.6. The first-order valence-corrected chi connectivity index (χ1v) is 12.4. The Kier molecular flexibility index (Phi) is 7.79. The van der Waals surface area contributed by atoms with Crippen molar-refractivity contribution >= 4 is 28.9 Å². The van der Waals surface area contributed by atoms with Crippen LogP contribution in [0.4, 0.5) is 0 Å². The van der Waals surface area contributed by atoms with E-state index in [9.17, 15) is 14.9 Å². The number of nitrogens with zero attached hydrogens (tertiary/aromatic N) is 2. The van der Waals surface area contributed by atoms with Gasteiger partial charge in [0.2, 0.25) is 0 Å². The molecule has 6 nitrogen and oxygen atoms in total. The van der Waals surface area contributed by atoms with Crippen molar-refractivity contribution in [2.75, 3.05) is 6.61 Å².